The van der Waals surface area contributed by atoms with Crippen LogP contribution in [0.2, 0.25) is 0 Å². The predicted octanol–water partition coefficient (Wildman–Crippen LogP) is 2.41. The van der Waals surface area contributed by atoms with E-state index >= 15 is 0 Å². The molecule has 2 aromatic rings. The van der Waals surface area contributed by atoms with Crippen LogP contribution in [0.15, 0.2) is 24.4 Å². The Labute approximate surface area is 117 Å². The van der Waals surface area contributed by atoms with Crippen molar-refractivity contribution in [1.82, 2.24) is 10.2 Å². The van der Waals surface area contributed by atoms with Gasteiger partial charge in [-0.2, -0.15) is 5.10 Å². The van der Waals surface area contributed by atoms with Gasteiger partial charge in [0.2, 0.25) is 5.91 Å². The largest absolute Gasteiger partial charge is 0.329 e. The van der Waals surface area contributed by atoms with Crippen molar-refractivity contribution < 1.29 is 4.79 Å². The summed E-state index contributed by atoms with van der Waals surface area (Å²) in [4.78, 5) is 12.6. The molecule has 0 atom stereocenters. The Morgan fingerprint density at radius 1 is 1.35 bits per heavy atom. The van der Waals surface area contributed by atoms with Crippen LogP contribution in [0.3, 0.4) is 0 Å². The van der Waals surface area contributed by atoms with Crippen LogP contribution >= 0.6 is 0 Å². The highest BCUT2D eigenvalue weighted by Crippen LogP contribution is 2.36. The lowest BCUT2D eigenvalue weighted by molar-refractivity contribution is -0.126. The highest BCUT2D eigenvalue weighted by atomic mass is 16.2. The number of H-pyrrole nitrogens is 1. The maximum atomic E-state index is 12.6. The number of hydrogen-bond donors (Lipinski definition) is 3. The fraction of sp³-hybridized carbons (Fsp3) is 0.467. The van der Waals surface area contributed by atoms with Gasteiger partial charge in [-0.25, -0.2) is 0 Å². The van der Waals surface area contributed by atoms with Crippen LogP contribution in [0.1, 0.15) is 32.1 Å². The molecule has 3 rings (SSSR count). The lowest BCUT2D eigenvalue weighted by Crippen LogP contribution is -2.43. The topological polar surface area (TPSA) is 83.8 Å². The molecule has 0 saturated heterocycles. The van der Waals surface area contributed by atoms with E-state index in [9.17, 15) is 4.79 Å². The minimum absolute atomic E-state index is 0.0542. The van der Waals surface area contributed by atoms with Crippen molar-refractivity contribution in [2.75, 3.05) is 11.9 Å². The molecule has 1 saturated carbocycles. The molecule has 1 aliphatic carbocycles. The van der Waals surface area contributed by atoms with E-state index in [1.165, 1.54) is 6.42 Å². The molecular weight excluding hydrogens is 252 g/mol. The van der Waals surface area contributed by atoms with Crippen molar-refractivity contribution >= 4 is 22.5 Å². The SMILES string of the molecule is NCC1(C(=O)Nc2ccc3cn[nH]c3c2)CCCCC1. The highest BCUT2D eigenvalue weighted by molar-refractivity contribution is 5.97. The Morgan fingerprint density at radius 2 is 2.15 bits per heavy atom. The molecule has 4 N–H and O–H groups in total. The second-order valence-corrected chi connectivity index (χ2v) is 5.67. The third-order valence-corrected chi connectivity index (χ3v) is 4.38. The van der Waals surface area contributed by atoms with Crippen LogP contribution in [0.4, 0.5) is 5.69 Å². The van der Waals surface area contributed by atoms with Crippen molar-refractivity contribution in [1.29, 1.82) is 0 Å². The Kier molecular flexibility index (Phi) is 3.44. The van der Waals surface area contributed by atoms with Crippen LogP contribution in [-0.4, -0.2) is 22.6 Å². The van der Waals surface area contributed by atoms with E-state index in [4.69, 9.17) is 5.73 Å². The van der Waals surface area contributed by atoms with Gasteiger partial charge in [-0.1, -0.05) is 19.3 Å². The molecule has 5 heteroatoms. The Hall–Kier alpha value is -1.88. The summed E-state index contributed by atoms with van der Waals surface area (Å²) in [6.07, 6.45) is 6.93. The molecular formula is C15H20N4O. The molecule has 1 aliphatic rings. The van der Waals surface area contributed by atoms with Gasteiger partial charge in [0.15, 0.2) is 0 Å². The van der Waals surface area contributed by atoms with Gasteiger partial charge in [-0.3, -0.25) is 9.89 Å². The molecule has 0 aliphatic heterocycles. The normalized spacial score (nSPS) is 18.1. The van der Waals surface area contributed by atoms with Gasteiger partial charge < -0.3 is 11.1 Å². The maximum absolute atomic E-state index is 12.6. The third kappa shape index (κ3) is 2.29. The molecule has 1 aromatic heterocycles. The first kappa shape index (κ1) is 13.1. The van der Waals surface area contributed by atoms with E-state index in [1.54, 1.807) is 6.20 Å². The molecule has 1 aromatic carbocycles. The van der Waals surface area contributed by atoms with Crippen molar-refractivity contribution in [3.05, 3.63) is 24.4 Å². The number of amides is 1. The number of fused-ring (bicyclic) bond motifs is 1. The summed E-state index contributed by atoms with van der Waals surface area (Å²) in [7, 11) is 0. The van der Waals surface area contributed by atoms with E-state index in [2.05, 4.69) is 15.5 Å². The highest BCUT2D eigenvalue weighted by Gasteiger charge is 2.38. The summed E-state index contributed by atoms with van der Waals surface area (Å²) in [5.74, 6) is 0.0542. The van der Waals surface area contributed by atoms with Gasteiger partial charge in [0.1, 0.15) is 0 Å². The lowest BCUT2D eigenvalue weighted by atomic mass is 9.73. The number of aromatic amines is 1. The number of aromatic nitrogens is 2. The zero-order chi connectivity index (χ0) is 14.0. The van der Waals surface area contributed by atoms with Crippen molar-refractivity contribution in [3.8, 4) is 0 Å². The van der Waals surface area contributed by atoms with Crippen molar-refractivity contribution in [2.24, 2.45) is 11.1 Å². The van der Waals surface area contributed by atoms with Gasteiger partial charge >= 0.3 is 0 Å². The molecule has 0 unspecified atom stereocenters. The average Bonchev–Trinajstić information content (AvgIpc) is 2.95. The first-order chi connectivity index (χ1) is 9.73. The summed E-state index contributed by atoms with van der Waals surface area (Å²) < 4.78 is 0. The summed E-state index contributed by atoms with van der Waals surface area (Å²) in [6, 6.07) is 5.76. The number of nitrogens with one attached hydrogen (secondary N) is 2. The van der Waals surface area contributed by atoms with Crippen LogP contribution < -0.4 is 11.1 Å². The first-order valence-corrected chi connectivity index (χ1v) is 7.18. The van der Waals surface area contributed by atoms with Crippen molar-refractivity contribution in [3.63, 3.8) is 0 Å². The van der Waals surface area contributed by atoms with Crippen molar-refractivity contribution in [2.45, 2.75) is 32.1 Å². The number of anilines is 1. The molecule has 5 nitrogen and oxygen atoms in total. The first-order valence-electron chi connectivity index (χ1n) is 7.18. The monoisotopic (exact) mass is 272 g/mol. The standard InChI is InChI=1S/C15H20N4O/c16-10-15(6-2-1-3-7-15)14(20)18-12-5-4-11-9-17-19-13(11)8-12/h4-5,8-9H,1-3,6-7,10,16H2,(H,17,19)(H,18,20). The van der Waals surface area contributed by atoms with Crippen LogP contribution in [-0.2, 0) is 4.79 Å². The van der Waals surface area contributed by atoms with E-state index in [1.807, 2.05) is 18.2 Å². The predicted molar refractivity (Wildman–Crippen MR) is 79.3 cm³/mol. The summed E-state index contributed by atoms with van der Waals surface area (Å²) in [5.41, 5.74) is 7.22. The summed E-state index contributed by atoms with van der Waals surface area (Å²) in [5, 5.41) is 10.9. The second-order valence-electron chi connectivity index (χ2n) is 5.67. The molecule has 0 bridgehead atoms. The number of hydrogen-bond acceptors (Lipinski definition) is 3. The Morgan fingerprint density at radius 3 is 2.90 bits per heavy atom. The summed E-state index contributed by atoms with van der Waals surface area (Å²) in [6.45, 7) is 0.422. The number of carbonyl (C=O) groups is 1. The third-order valence-electron chi connectivity index (χ3n) is 4.38. The number of carbonyl (C=O) groups excluding carboxylic acids is 1. The van der Waals surface area contributed by atoms with Gasteiger partial charge in [0.05, 0.1) is 17.1 Å². The molecule has 1 amide bonds. The van der Waals surface area contributed by atoms with Gasteiger partial charge in [-0.05, 0) is 31.0 Å². The van der Waals surface area contributed by atoms with E-state index in [0.29, 0.717) is 6.54 Å². The molecule has 0 spiro atoms. The summed E-state index contributed by atoms with van der Waals surface area (Å²) >= 11 is 0. The van der Waals surface area contributed by atoms with Crippen LogP contribution in [0.25, 0.3) is 10.9 Å². The second kappa shape index (κ2) is 5.25. The quantitative estimate of drug-likeness (QED) is 0.802. The Bertz CT molecular complexity index is 613. The van der Waals surface area contributed by atoms with E-state index in [0.717, 1.165) is 42.3 Å². The molecule has 1 heterocycles. The Balaban J connectivity index is 1.80. The smallest absolute Gasteiger partial charge is 0.231 e. The minimum atomic E-state index is -0.388. The fourth-order valence-corrected chi connectivity index (χ4v) is 3.03. The zero-order valence-corrected chi connectivity index (χ0v) is 11.5. The number of rotatable bonds is 3. The van der Waals surface area contributed by atoms with Gasteiger partial charge in [0, 0.05) is 17.6 Å². The number of nitrogens with zero attached hydrogens (tertiary/aromatic N) is 1. The number of benzene rings is 1. The molecule has 106 valence electrons. The molecule has 20 heavy (non-hydrogen) atoms. The zero-order valence-electron chi connectivity index (χ0n) is 11.5. The number of nitrogens with two attached hydrogens (primary N) is 1. The maximum Gasteiger partial charge on any atom is 0.231 e. The van der Waals surface area contributed by atoms with Crippen LogP contribution in [0.5, 0.6) is 0 Å². The average molecular weight is 272 g/mol. The minimum Gasteiger partial charge on any atom is -0.329 e. The van der Waals surface area contributed by atoms with E-state index in [-0.39, 0.29) is 11.3 Å². The van der Waals surface area contributed by atoms with Crippen LogP contribution in [0, 0.1) is 5.41 Å². The van der Waals surface area contributed by atoms with Gasteiger partial charge in [-0.15, -0.1) is 0 Å². The van der Waals surface area contributed by atoms with E-state index < -0.39 is 0 Å². The lowest BCUT2D eigenvalue weighted by Gasteiger charge is -2.34. The van der Waals surface area contributed by atoms with Gasteiger partial charge in [0.25, 0.3) is 0 Å². The molecule has 0 radical (unpaired) electrons. The fourth-order valence-electron chi connectivity index (χ4n) is 3.03. The molecule has 1 fully saturated rings.